The molecule has 18 heavy (non-hydrogen) atoms. The minimum atomic E-state index is -1.32. The zero-order valence-corrected chi connectivity index (χ0v) is 9.11. The van der Waals surface area contributed by atoms with Gasteiger partial charge in [0.1, 0.15) is 0 Å². The van der Waals surface area contributed by atoms with E-state index in [1.54, 1.807) is 0 Å². The van der Waals surface area contributed by atoms with Gasteiger partial charge in [0.2, 0.25) is 5.82 Å². The van der Waals surface area contributed by atoms with Crippen molar-refractivity contribution < 1.29 is 25.0 Å². The third-order valence-electron chi connectivity index (χ3n) is 2.01. The van der Waals surface area contributed by atoms with E-state index in [2.05, 4.69) is 10.3 Å². The topological polar surface area (TPSA) is 146 Å². The molecule has 9 heteroatoms. The molecule has 0 bridgehead atoms. The molecule has 4 N–H and O–H groups in total. The van der Waals surface area contributed by atoms with Crippen molar-refractivity contribution in [1.82, 2.24) is 4.98 Å². The summed E-state index contributed by atoms with van der Waals surface area (Å²) in [6.45, 7) is -0.715. The van der Waals surface area contributed by atoms with Crippen LogP contribution in [0.1, 0.15) is 10.5 Å². The molecule has 0 saturated heterocycles. The highest BCUT2D eigenvalue weighted by atomic mass is 16.6. The monoisotopic (exact) mass is 257 g/mol. The summed E-state index contributed by atoms with van der Waals surface area (Å²) in [7, 11) is 0. The average Bonchev–Trinajstić information content (AvgIpc) is 2.35. The van der Waals surface area contributed by atoms with Crippen LogP contribution in [0.25, 0.3) is 0 Å². The third-order valence-corrected chi connectivity index (χ3v) is 2.01. The Morgan fingerprint density at radius 1 is 1.56 bits per heavy atom. The van der Waals surface area contributed by atoms with Crippen LogP contribution in [0.4, 0.5) is 11.5 Å². The summed E-state index contributed by atoms with van der Waals surface area (Å²) in [5.74, 6) is -1.59. The van der Waals surface area contributed by atoms with E-state index < -0.39 is 29.3 Å². The quantitative estimate of drug-likeness (QED) is 0.392. The number of aliphatic hydroxyl groups excluding tert-OH is 2. The van der Waals surface area contributed by atoms with E-state index in [-0.39, 0.29) is 18.1 Å². The highest BCUT2D eigenvalue weighted by molar-refractivity contribution is 5.86. The number of hydrogen-bond donors (Lipinski definition) is 4. The maximum absolute atomic E-state index is 10.7. The van der Waals surface area contributed by atoms with Gasteiger partial charge in [0, 0.05) is 12.6 Å². The van der Waals surface area contributed by atoms with Crippen molar-refractivity contribution in [3.05, 3.63) is 27.9 Å². The Bertz CT molecular complexity index is 464. The smallest absolute Gasteiger partial charge is 0.354 e. The fourth-order valence-electron chi connectivity index (χ4n) is 1.13. The van der Waals surface area contributed by atoms with Gasteiger partial charge in [0.05, 0.1) is 17.6 Å². The number of nitrogens with one attached hydrogen (secondary N) is 1. The van der Waals surface area contributed by atoms with Crippen molar-refractivity contribution in [2.24, 2.45) is 0 Å². The molecule has 0 spiro atoms. The number of carboxylic acids is 1. The highest BCUT2D eigenvalue weighted by Crippen LogP contribution is 2.21. The molecule has 0 radical (unpaired) electrons. The lowest BCUT2D eigenvalue weighted by Gasteiger charge is -2.09. The van der Waals surface area contributed by atoms with Crippen molar-refractivity contribution in [1.29, 1.82) is 0 Å². The van der Waals surface area contributed by atoms with Crippen LogP contribution in [0, 0.1) is 10.1 Å². The number of rotatable bonds is 6. The molecular weight excluding hydrogens is 246 g/mol. The lowest BCUT2D eigenvalue weighted by Crippen LogP contribution is -2.24. The zero-order valence-electron chi connectivity index (χ0n) is 9.11. The highest BCUT2D eigenvalue weighted by Gasteiger charge is 2.18. The Hall–Kier alpha value is -2.26. The van der Waals surface area contributed by atoms with Crippen LogP contribution in [0.5, 0.6) is 0 Å². The van der Waals surface area contributed by atoms with Gasteiger partial charge >= 0.3 is 11.7 Å². The Balaban J connectivity index is 3.00. The predicted molar refractivity (Wildman–Crippen MR) is 59.4 cm³/mol. The first-order valence-electron chi connectivity index (χ1n) is 4.87. The number of anilines is 1. The van der Waals surface area contributed by atoms with Crippen LogP contribution in [-0.2, 0) is 0 Å². The number of nitrogens with zero attached hydrogens (tertiary/aromatic N) is 2. The van der Waals surface area contributed by atoms with Crippen molar-refractivity contribution in [3.63, 3.8) is 0 Å². The SMILES string of the molecule is O=C(O)c1ccc([N+](=O)[O-])c(NCC(O)CO)n1. The Morgan fingerprint density at radius 2 is 2.22 bits per heavy atom. The van der Waals surface area contributed by atoms with Gasteiger partial charge in [-0.3, -0.25) is 10.1 Å². The molecule has 1 unspecified atom stereocenters. The number of aromatic carboxylic acids is 1. The van der Waals surface area contributed by atoms with Crippen LogP contribution in [0.15, 0.2) is 12.1 Å². The van der Waals surface area contributed by atoms with Gasteiger partial charge in [-0.05, 0) is 6.07 Å². The number of aliphatic hydroxyl groups is 2. The van der Waals surface area contributed by atoms with E-state index in [0.29, 0.717) is 0 Å². The second-order valence-corrected chi connectivity index (χ2v) is 3.34. The molecule has 0 fully saturated rings. The van der Waals surface area contributed by atoms with Crippen molar-refractivity contribution in [2.75, 3.05) is 18.5 Å². The molecule has 0 aliphatic rings. The first kappa shape index (κ1) is 13.8. The Morgan fingerprint density at radius 3 is 2.72 bits per heavy atom. The van der Waals surface area contributed by atoms with E-state index >= 15 is 0 Å². The summed E-state index contributed by atoms with van der Waals surface area (Å²) in [5.41, 5.74) is -0.772. The number of pyridine rings is 1. The van der Waals surface area contributed by atoms with E-state index in [4.69, 9.17) is 15.3 Å². The zero-order chi connectivity index (χ0) is 13.7. The predicted octanol–water partition coefficient (Wildman–Crippen LogP) is -0.547. The molecule has 1 aromatic heterocycles. The molecule has 0 aromatic carbocycles. The van der Waals surface area contributed by atoms with E-state index in [0.717, 1.165) is 12.1 Å². The van der Waals surface area contributed by atoms with Crippen LogP contribution < -0.4 is 5.32 Å². The summed E-state index contributed by atoms with van der Waals surface area (Å²) < 4.78 is 0. The van der Waals surface area contributed by atoms with Gasteiger partial charge in [0.15, 0.2) is 5.69 Å². The van der Waals surface area contributed by atoms with Crippen molar-refractivity contribution >= 4 is 17.5 Å². The lowest BCUT2D eigenvalue weighted by atomic mass is 10.3. The van der Waals surface area contributed by atoms with Crippen LogP contribution in [0.2, 0.25) is 0 Å². The summed E-state index contributed by atoms with van der Waals surface area (Å²) in [6, 6.07) is 2.01. The largest absolute Gasteiger partial charge is 0.477 e. The summed E-state index contributed by atoms with van der Waals surface area (Å²) in [5, 5.41) is 39.5. The molecule has 1 atom stereocenters. The van der Waals surface area contributed by atoms with Crippen LogP contribution >= 0.6 is 0 Å². The second kappa shape index (κ2) is 5.89. The number of nitro groups is 1. The fraction of sp³-hybridized carbons (Fsp3) is 0.333. The maximum atomic E-state index is 10.7. The normalized spacial score (nSPS) is 11.9. The van der Waals surface area contributed by atoms with E-state index in [9.17, 15) is 14.9 Å². The van der Waals surface area contributed by atoms with Gasteiger partial charge in [-0.25, -0.2) is 9.78 Å². The first-order chi connectivity index (χ1) is 8.45. The van der Waals surface area contributed by atoms with Gasteiger partial charge in [0.25, 0.3) is 0 Å². The number of carboxylic acid groups (broad SMARTS) is 1. The standard InChI is InChI=1S/C9H11N3O6/c13-4-5(14)3-10-8-7(12(17)18)2-1-6(11-8)9(15)16/h1-2,5,13-14H,3-4H2,(H,10,11)(H,15,16). The van der Waals surface area contributed by atoms with Crippen LogP contribution in [0.3, 0.4) is 0 Å². The molecule has 0 amide bonds. The molecule has 0 aliphatic carbocycles. The third kappa shape index (κ3) is 3.37. The Labute approximate surface area is 101 Å². The molecule has 0 aliphatic heterocycles. The van der Waals surface area contributed by atoms with Gasteiger partial charge in [-0.1, -0.05) is 0 Å². The summed E-state index contributed by atoms with van der Waals surface area (Å²) in [4.78, 5) is 24.2. The summed E-state index contributed by atoms with van der Waals surface area (Å²) >= 11 is 0. The molecule has 98 valence electrons. The maximum Gasteiger partial charge on any atom is 0.354 e. The van der Waals surface area contributed by atoms with E-state index in [1.165, 1.54) is 0 Å². The van der Waals surface area contributed by atoms with Gasteiger partial charge in [-0.2, -0.15) is 0 Å². The number of aromatic nitrogens is 1. The molecule has 1 heterocycles. The van der Waals surface area contributed by atoms with Crippen LogP contribution in [-0.4, -0.2) is 50.5 Å². The van der Waals surface area contributed by atoms with Gasteiger partial charge in [-0.15, -0.1) is 0 Å². The minimum Gasteiger partial charge on any atom is -0.477 e. The first-order valence-corrected chi connectivity index (χ1v) is 4.87. The van der Waals surface area contributed by atoms with E-state index in [1.807, 2.05) is 0 Å². The molecule has 1 aromatic rings. The minimum absolute atomic E-state index is 0.187. The molecular formula is C9H11N3O6. The molecule has 0 saturated carbocycles. The lowest BCUT2D eigenvalue weighted by molar-refractivity contribution is -0.384. The fourth-order valence-corrected chi connectivity index (χ4v) is 1.13. The van der Waals surface area contributed by atoms with Gasteiger partial charge < -0.3 is 20.6 Å². The molecule has 9 nitrogen and oxygen atoms in total. The van der Waals surface area contributed by atoms with Crippen molar-refractivity contribution in [3.8, 4) is 0 Å². The molecule has 1 rings (SSSR count). The second-order valence-electron chi connectivity index (χ2n) is 3.34. The Kier molecular flexibility index (Phi) is 4.52. The summed E-state index contributed by atoms with van der Waals surface area (Å²) in [6.07, 6.45) is -1.13. The van der Waals surface area contributed by atoms with Crippen molar-refractivity contribution in [2.45, 2.75) is 6.10 Å². The number of carbonyl (C=O) groups is 1. The number of hydrogen-bond acceptors (Lipinski definition) is 7. The average molecular weight is 257 g/mol.